The van der Waals surface area contributed by atoms with Crippen LogP contribution in [0.2, 0.25) is 0 Å². The van der Waals surface area contributed by atoms with Crippen LogP contribution < -0.4 is 15.0 Å². The number of alkyl halides is 3. The number of rotatable bonds is 4. The van der Waals surface area contributed by atoms with Crippen LogP contribution in [0.15, 0.2) is 48.5 Å². The molecule has 1 aromatic carbocycles. The number of benzene rings is 1. The summed E-state index contributed by atoms with van der Waals surface area (Å²) in [6.07, 6.45) is -2.66. The third-order valence-corrected chi connectivity index (χ3v) is 3.21. The lowest BCUT2D eigenvalue weighted by molar-refractivity contribution is -0.275. The quantitative estimate of drug-likeness (QED) is 0.842. The summed E-state index contributed by atoms with van der Waals surface area (Å²) in [5.41, 5.74) is 3.64. The van der Waals surface area contributed by atoms with Gasteiger partial charge in [-0.1, -0.05) is 6.07 Å². The third kappa shape index (κ3) is 4.38. The maximum Gasteiger partial charge on any atom is 0.573 e. The third-order valence-electron chi connectivity index (χ3n) is 3.21. The van der Waals surface area contributed by atoms with Crippen LogP contribution in [0.1, 0.15) is 17.4 Å². The van der Waals surface area contributed by atoms with Gasteiger partial charge in [-0.25, -0.2) is 9.87 Å². The maximum absolute atomic E-state index is 13.8. The van der Waals surface area contributed by atoms with Crippen LogP contribution in [0, 0.1) is 12.7 Å². The molecule has 25 heavy (non-hydrogen) atoms. The van der Waals surface area contributed by atoms with Gasteiger partial charge in [0.15, 0.2) is 11.6 Å². The van der Waals surface area contributed by atoms with Crippen molar-refractivity contribution in [2.24, 2.45) is 0 Å². The standard InChI is InChI=1S/C16H12F4N2O3/c1-9-2-4-11(8-21-9)23-15-7-14(25-22-15)10-3-5-13(12(17)6-10)24-16(18,19)20/h2-8,14,22H,1H3/t14-/m0/s1. The van der Waals surface area contributed by atoms with Crippen LogP contribution in [0.3, 0.4) is 0 Å². The highest BCUT2D eigenvalue weighted by Gasteiger charge is 2.32. The minimum atomic E-state index is -4.96. The van der Waals surface area contributed by atoms with E-state index in [1.54, 1.807) is 12.1 Å². The molecule has 0 bridgehead atoms. The molecule has 1 aliphatic rings. The molecule has 3 rings (SSSR count). The van der Waals surface area contributed by atoms with Crippen LogP contribution in [0.4, 0.5) is 17.6 Å². The van der Waals surface area contributed by atoms with Gasteiger partial charge in [0.05, 0.1) is 6.20 Å². The first-order valence-electron chi connectivity index (χ1n) is 7.09. The van der Waals surface area contributed by atoms with Gasteiger partial charge in [-0.3, -0.25) is 9.82 Å². The molecule has 0 radical (unpaired) electrons. The fourth-order valence-electron chi connectivity index (χ4n) is 2.09. The first kappa shape index (κ1) is 17.0. The number of ether oxygens (including phenoxy) is 2. The fraction of sp³-hybridized carbons (Fsp3) is 0.188. The van der Waals surface area contributed by atoms with Gasteiger partial charge in [0.1, 0.15) is 11.9 Å². The molecule has 0 saturated heterocycles. The second kappa shape index (κ2) is 6.60. The Morgan fingerprint density at radius 3 is 2.64 bits per heavy atom. The lowest BCUT2D eigenvalue weighted by Crippen LogP contribution is -2.18. The van der Waals surface area contributed by atoms with E-state index in [9.17, 15) is 17.6 Å². The molecule has 1 aliphatic heterocycles. The SMILES string of the molecule is Cc1ccc(OC2=C[C@@H](c3ccc(OC(F)(F)F)c(F)c3)ON2)cn1. The summed E-state index contributed by atoms with van der Waals surface area (Å²) in [6, 6.07) is 6.53. The van der Waals surface area contributed by atoms with Crippen molar-refractivity contribution in [2.45, 2.75) is 19.4 Å². The van der Waals surface area contributed by atoms with Crippen molar-refractivity contribution >= 4 is 0 Å². The van der Waals surface area contributed by atoms with Gasteiger partial charge in [0, 0.05) is 11.8 Å². The monoisotopic (exact) mass is 356 g/mol. The van der Waals surface area contributed by atoms with Gasteiger partial charge < -0.3 is 9.47 Å². The van der Waals surface area contributed by atoms with Gasteiger partial charge in [-0.2, -0.15) is 0 Å². The van der Waals surface area contributed by atoms with Crippen LogP contribution in [-0.2, 0) is 4.84 Å². The molecular formula is C16H12F4N2O3. The van der Waals surface area contributed by atoms with Crippen LogP contribution in [-0.4, -0.2) is 11.3 Å². The van der Waals surface area contributed by atoms with Gasteiger partial charge in [-0.05, 0) is 36.8 Å². The summed E-state index contributed by atoms with van der Waals surface area (Å²) in [5.74, 6) is -1.34. The molecule has 0 saturated carbocycles. The van der Waals surface area contributed by atoms with Gasteiger partial charge >= 0.3 is 6.36 Å². The Morgan fingerprint density at radius 1 is 1.20 bits per heavy atom. The van der Waals surface area contributed by atoms with E-state index in [0.717, 1.165) is 17.8 Å². The first-order valence-corrected chi connectivity index (χ1v) is 7.09. The summed E-state index contributed by atoms with van der Waals surface area (Å²) < 4.78 is 59.3. The Balaban J connectivity index is 1.71. The van der Waals surface area contributed by atoms with E-state index in [2.05, 4.69) is 15.2 Å². The van der Waals surface area contributed by atoms with E-state index in [1.165, 1.54) is 18.3 Å². The molecule has 0 unspecified atom stereocenters. The Kier molecular flexibility index (Phi) is 4.49. The molecule has 5 nitrogen and oxygen atoms in total. The number of aryl methyl sites for hydroxylation is 1. The number of nitrogens with one attached hydrogen (secondary N) is 1. The molecule has 2 aromatic rings. The average molecular weight is 356 g/mol. The van der Waals surface area contributed by atoms with Crippen molar-refractivity contribution in [1.82, 2.24) is 10.5 Å². The van der Waals surface area contributed by atoms with Crippen molar-refractivity contribution in [3.63, 3.8) is 0 Å². The molecule has 132 valence electrons. The number of pyridine rings is 1. The van der Waals surface area contributed by atoms with Crippen molar-refractivity contribution in [2.75, 3.05) is 0 Å². The predicted octanol–water partition coefficient (Wildman–Crippen LogP) is 3.92. The van der Waals surface area contributed by atoms with Crippen molar-refractivity contribution in [3.8, 4) is 11.5 Å². The van der Waals surface area contributed by atoms with Crippen molar-refractivity contribution in [3.05, 3.63) is 65.6 Å². The number of hydrogen-bond donors (Lipinski definition) is 1. The number of hydrogen-bond acceptors (Lipinski definition) is 5. The second-order valence-corrected chi connectivity index (χ2v) is 5.15. The first-order chi connectivity index (χ1) is 11.8. The molecule has 1 aromatic heterocycles. The van der Waals surface area contributed by atoms with Gasteiger partial charge in [0.2, 0.25) is 5.88 Å². The Bertz CT molecular complexity index is 791. The molecule has 2 heterocycles. The molecule has 1 N–H and O–H groups in total. The maximum atomic E-state index is 13.8. The average Bonchev–Trinajstić information content (AvgIpc) is 2.99. The molecule has 0 aliphatic carbocycles. The summed E-state index contributed by atoms with van der Waals surface area (Å²) >= 11 is 0. The smallest absolute Gasteiger partial charge is 0.438 e. The van der Waals surface area contributed by atoms with E-state index in [1.807, 2.05) is 6.92 Å². The van der Waals surface area contributed by atoms with Gasteiger partial charge in [0.25, 0.3) is 0 Å². The molecule has 1 atom stereocenters. The van der Waals surface area contributed by atoms with Gasteiger partial charge in [-0.15, -0.1) is 13.2 Å². The summed E-state index contributed by atoms with van der Waals surface area (Å²) in [5, 5.41) is 0. The van der Waals surface area contributed by atoms with E-state index < -0.39 is 24.0 Å². The lowest BCUT2D eigenvalue weighted by Gasteiger charge is -2.12. The number of nitrogens with zero attached hydrogens (tertiary/aromatic N) is 1. The van der Waals surface area contributed by atoms with Crippen LogP contribution in [0.25, 0.3) is 0 Å². The van der Waals surface area contributed by atoms with E-state index in [-0.39, 0.29) is 5.88 Å². The number of aromatic nitrogens is 1. The van der Waals surface area contributed by atoms with E-state index in [0.29, 0.717) is 11.3 Å². The Hall–Kier alpha value is -2.81. The van der Waals surface area contributed by atoms with Crippen molar-refractivity contribution in [1.29, 1.82) is 0 Å². The van der Waals surface area contributed by atoms with Crippen LogP contribution >= 0.6 is 0 Å². The summed E-state index contributed by atoms with van der Waals surface area (Å²) in [7, 11) is 0. The predicted molar refractivity (Wildman–Crippen MR) is 77.7 cm³/mol. The minimum absolute atomic E-state index is 0.256. The molecule has 0 spiro atoms. The van der Waals surface area contributed by atoms with E-state index in [4.69, 9.17) is 9.57 Å². The largest absolute Gasteiger partial charge is 0.573 e. The van der Waals surface area contributed by atoms with Crippen molar-refractivity contribution < 1.29 is 31.9 Å². The summed E-state index contributed by atoms with van der Waals surface area (Å²) in [4.78, 5) is 9.30. The Labute approximate surface area is 139 Å². The van der Waals surface area contributed by atoms with Crippen LogP contribution in [0.5, 0.6) is 11.5 Å². The molecule has 0 fully saturated rings. The molecular weight excluding hydrogens is 344 g/mol. The topological polar surface area (TPSA) is 52.6 Å². The fourth-order valence-corrected chi connectivity index (χ4v) is 2.09. The van der Waals surface area contributed by atoms with E-state index >= 15 is 0 Å². The summed E-state index contributed by atoms with van der Waals surface area (Å²) in [6.45, 7) is 1.83. The highest BCUT2D eigenvalue weighted by Crippen LogP contribution is 2.31. The highest BCUT2D eigenvalue weighted by atomic mass is 19.4. The number of halogens is 4. The lowest BCUT2D eigenvalue weighted by atomic mass is 10.1. The Morgan fingerprint density at radius 2 is 2.00 bits per heavy atom. The normalized spacial score (nSPS) is 17.0. The number of hydroxylamine groups is 1. The zero-order valence-electron chi connectivity index (χ0n) is 12.8. The second-order valence-electron chi connectivity index (χ2n) is 5.15. The highest BCUT2D eigenvalue weighted by molar-refractivity contribution is 5.33. The zero-order valence-corrected chi connectivity index (χ0v) is 12.8. The minimum Gasteiger partial charge on any atom is -0.438 e. The molecule has 0 amide bonds. The zero-order chi connectivity index (χ0) is 18.0. The molecule has 9 heteroatoms.